The molecule has 2 N–H and O–H groups in total. The lowest BCUT2D eigenvalue weighted by molar-refractivity contribution is 0.210. The van der Waals surface area contributed by atoms with Crippen LogP contribution in [0.2, 0.25) is 0 Å². The van der Waals surface area contributed by atoms with E-state index in [1.807, 2.05) is 54.6 Å². The fourth-order valence-electron chi connectivity index (χ4n) is 2.86. The quantitative estimate of drug-likeness (QED) is 0.522. The summed E-state index contributed by atoms with van der Waals surface area (Å²) in [6.45, 7) is 2.03. The topological polar surface area (TPSA) is 68.3 Å². The highest BCUT2D eigenvalue weighted by molar-refractivity contribution is 5.61. The molecule has 0 aliphatic heterocycles. The molecule has 0 aliphatic rings. The van der Waals surface area contributed by atoms with Crippen LogP contribution in [-0.2, 0) is 11.2 Å². The smallest absolute Gasteiger partial charge is 0.163 e. The molecule has 1 aromatic heterocycles. The van der Waals surface area contributed by atoms with Gasteiger partial charge in [0, 0.05) is 31.8 Å². The molecule has 0 spiro atoms. The number of anilines is 2. The number of para-hydroxylation sites is 1. The number of aromatic nitrogens is 2. The van der Waals surface area contributed by atoms with Gasteiger partial charge in [0.25, 0.3) is 0 Å². The van der Waals surface area contributed by atoms with Crippen molar-refractivity contribution in [3.8, 4) is 17.1 Å². The van der Waals surface area contributed by atoms with Crippen LogP contribution in [0, 0.1) is 0 Å². The third-order valence-electron chi connectivity index (χ3n) is 4.26. The maximum atomic E-state index is 5.42. The largest absolute Gasteiger partial charge is 0.496 e. The number of nitrogens with zero attached hydrogens (tertiary/aromatic N) is 2. The Bertz CT molecular complexity index is 871. The summed E-state index contributed by atoms with van der Waals surface area (Å²) >= 11 is 0. The minimum Gasteiger partial charge on any atom is -0.496 e. The Labute approximate surface area is 166 Å². The minimum atomic E-state index is 0.612. The van der Waals surface area contributed by atoms with Crippen molar-refractivity contribution in [1.29, 1.82) is 0 Å². The van der Waals surface area contributed by atoms with Gasteiger partial charge in [-0.25, -0.2) is 9.97 Å². The summed E-state index contributed by atoms with van der Waals surface area (Å²) in [6, 6.07) is 19.9. The van der Waals surface area contributed by atoms with Gasteiger partial charge in [-0.05, 0) is 18.1 Å². The number of hydrogen-bond donors (Lipinski definition) is 2. The first-order valence-electron chi connectivity index (χ1n) is 9.33. The van der Waals surface area contributed by atoms with E-state index in [0.29, 0.717) is 19.0 Å². The molecule has 3 aromatic rings. The first-order valence-corrected chi connectivity index (χ1v) is 9.33. The molecule has 0 radical (unpaired) electrons. The lowest BCUT2D eigenvalue weighted by Crippen LogP contribution is -2.12. The average molecular weight is 378 g/mol. The van der Waals surface area contributed by atoms with Gasteiger partial charge in [0.1, 0.15) is 17.4 Å². The number of rotatable bonds is 10. The summed E-state index contributed by atoms with van der Waals surface area (Å²) in [4.78, 5) is 9.31. The summed E-state index contributed by atoms with van der Waals surface area (Å²) in [5.41, 5.74) is 2.14. The Morgan fingerprint density at radius 3 is 2.21 bits per heavy atom. The standard InChI is InChI=1S/C22H26N4O2/c1-27-15-14-24-21-16-20(25-22(26-21)18-9-4-3-5-10-18)23-13-12-17-8-6-7-11-19(17)28-2/h3-11,16H,12-15H2,1-2H3,(H2,23,24,25,26). The second kappa shape index (κ2) is 10.3. The van der Waals surface area contributed by atoms with Gasteiger partial charge in [-0.15, -0.1) is 0 Å². The van der Waals surface area contributed by atoms with E-state index in [1.165, 1.54) is 0 Å². The maximum absolute atomic E-state index is 5.42. The van der Waals surface area contributed by atoms with Crippen LogP contribution in [-0.4, -0.2) is 43.9 Å². The average Bonchev–Trinajstić information content (AvgIpc) is 2.75. The monoisotopic (exact) mass is 378 g/mol. The molecule has 0 atom stereocenters. The van der Waals surface area contributed by atoms with Crippen LogP contribution in [0.4, 0.5) is 11.6 Å². The molecule has 3 rings (SSSR count). The summed E-state index contributed by atoms with van der Waals surface area (Å²) in [5.74, 6) is 3.14. The van der Waals surface area contributed by atoms with Crippen LogP contribution in [0.1, 0.15) is 5.56 Å². The van der Waals surface area contributed by atoms with Crippen LogP contribution in [0.5, 0.6) is 5.75 Å². The SMILES string of the molecule is COCCNc1cc(NCCc2ccccc2OC)nc(-c2ccccc2)n1. The number of nitrogens with one attached hydrogen (secondary N) is 2. The molecule has 6 nitrogen and oxygen atoms in total. The predicted molar refractivity (Wildman–Crippen MR) is 113 cm³/mol. The lowest BCUT2D eigenvalue weighted by atomic mass is 10.1. The molecular weight excluding hydrogens is 352 g/mol. The first-order chi connectivity index (χ1) is 13.8. The molecule has 2 aromatic carbocycles. The lowest BCUT2D eigenvalue weighted by Gasteiger charge is -2.12. The Morgan fingerprint density at radius 2 is 1.50 bits per heavy atom. The van der Waals surface area contributed by atoms with Crippen LogP contribution in [0.15, 0.2) is 60.7 Å². The van der Waals surface area contributed by atoms with Crippen LogP contribution in [0.25, 0.3) is 11.4 Å². The number of methoxy groups -OCH3 is 2. The molecule has 0 saturated heterocycles. The summed E-state index contributed by atoms with van der Waals surface area (Å²) in [5, 5.41) is 6.69. The van der Waals surface area contributed by atoms with Gasteiger partial charge in [0.2, 0.25) is 0 Å². The van der Waals surface area contributed by atoms with Gasteiger partial charge in [0.15, 0.2) is 5.82 Å². The fraction of sp³-hybridized carbons (Fsp3) is 0.273. The van der Waals surface area contributed by atoms with E-state index in [9.17, 15) is 0 Å². The second-order valence-corrected chi connectivity index (χ2v) is 6.24. The zero-order chi connectivity index (χ0) is 19.6. The van der Waals surface area contributed by atoms with E-state index in [4.69, 9.17) is 9.47 Å². The van der Waals surface area contributed by atoms with Crippen molar-refractivity contribution in [3.05, 3.63) is 66.2 Å². The highest BCUT2D eigenvalue weighted by Crippen LogP contribution is 2.21. The van der Waals surface area contributed by atoms with Crippen molar-refractivity contribution in [2.45, 2.75) is 6.42 Å². The van der Waals surface area contributed by atoms with Gasteiger partial charge in [-0.2, -0.15) is 0 Å². The number of ether oxygens (including phenoxy) is 2. The van der Waals surface area contributed by atoms with E-state index in [0.717, 1.165) is 41.5 Å². The highest BCUT2D eigenvalue weighted by atomic mass is 16.5. The van der Waals surface area contributed by atoms with Crippen molar-refractivity contribution in [2.24, 2.45) is 0 Å². The Kier molecular flexibility index (Phi) is 7.21. The summed E-state index contributed by atoms with van der Waals surface area (Å²) in [6.07, 6.45) is 0.834. The maximum Gasteiger partial charge on any atom is 0.163 e. The van der Waals surface area contributed by atoms with Crippen molar-refractivity contribution in [3.63, 3.8) is 0 Å². The van der Waals surface area contributed by atoms with Crippen LogP contribution >= 0.6 is 0 Å². The molecule has 0 bridgehead atoms. The van der Waals surface area contributed by atoms with Crippen LogP contribution in [0.3, 0.4) is 0 Å². The Morgan fingerprint density at radius 1 is 0.821 bits per heavy atom. The van der Waals surface area contributed by atoms with Crippen molar-refractivity contribution in [1.82, 2.24) is 9.97 Å². The van der Waals surface area contributed by atoms with E-state index in [2.05, 4.69) is 26.7 Å². The van der Waals surface area contributed by atoms with Crippen molar-refractivity contribution in [2.75, 3.05) is 44.5 Å². The van der Waals surface area contributed by atoms with E-state index in [-0.39, 0.29) is 0 Å². The summed E-state index contributed by atoms with van der Waals surface area (Å²) < 4.78 is 10.5. The summed E-state index contributed by atoms with van der Waals surface area (Å²) in [7, 11) is 3.38. The van der Waals surface area contributed by atoms with Gasteiger partial charge in [-0.3, -0.25) is 0 Å². The van der Waals surface area contributed by atoms with Gasteiger partial charge in [0.05, 0.1) is 13.7 Å². The van der Waals surface area contributed by atoms with Gasteiger partial charge >= 0.3 is 0 Å². The highest BCUT2D eigenvalue weighted by Gasteiger charge is 2.08. The minimum absolute atomic E-state index is 0.612. The molecule has 0 aliphatic carbocycles. The molecule has 28 heavy (non-hydrogen) atoms. The fourth-order valence-corrected chi connectivity index (χ4v) is 2.86. The number of hydrogen-bond acceptors (Lipinski definition) is 6. The predicted octanol–water partition coefficient (Wildman–Crippen LogP) is 3.87. The Balaban J connectivity index is 1.74. The Hall–Kier alpha value is -3.12. The zero-order valence-corrected chi connectivity index (χ0v) is 16.3. The van der Waals surface area contributed by atoms with Gasteiger partial charge in [-0.1, -0.05) is 48.5 Å². The molecule has 0 fully saturated rings. The normalized spacial score (nSPS) is 10.5. The van der Waals surface area contributed by atoms with Gasteiger partial charge < -0.3 is 20.1 Å². The van der Waals surface area contributed by atoms with Crippen LogP contribution < -0.4 is 15.4 Å². The van der Waals surface area contributed by atoms with Crippen molar-refractivity contribution >= 4 is 11.6 Å². The molecule has 0 unspecified atom stereocenters. The third-order valence-corrected chi connectivity index (χ3v) is 4.26. The number of benzene rings is 2. The molecule has 146 valence electrons. The molecule has 6 heteroatoms. The zero-order valence-electron chi connectivity index (χ0n) is 16.3. The second-order valence-electron chi connectivity index (χ2n) is 6.24. The van der Waals surface area contributed by atoms with Crippen molar-refractivity contribution < 1.29 is 9.47 Å². The van der Waals surface area contributed by atoms with E-state index >= 15 is 0 Å². The molecule has 1 heterocycles. The molecule has 0 amide bonds. The molecule has 0 saturated carbocycles. The van der Waals surface area contributed by atoms with E-state index < -0.39 is 0 Å². The molecular formula is C22H26N4O2. The first kappa shape index (κ1) is 19.6. The van der Waals surface area contributed by atoms with E-state index in [1.54, 1.807) is 14.2 Å². The third kappa shape index (κ3) is 5.44.